The number of aromatic nitrogens is 3. The summed E-state index contributed by atoms with van der Waals surface area (Å²) in [4.78, 5) is 7.25. The average molecular weight is 190 g/mol. The van der Waals surface area contributed by atoms with E-state index in [2.05, 4.69) is 21.4 Å². The monoisotopic (exact) mass is 190 g/mol. The van der Waals surface area contributed by atoms with Crippen molar-refractivity contribution in [3.05, 3.63) is 42.2 Å². The van der Waals surface area contributed by atoms with Gasteiger partial charge in [0.15, 0.2) is 0 Å². The van der Waals surface area contributed by atoms with E-state index in [4.69, 9.17) is 0 Å². The lowest BCUT2D eigenvalue weighted by Crippen LogP contribution is -2.15. The number of nitrogens with zero attached hydrogens (tertiary/aromatic N) is 2. The molecule has 2 N–H and O–H groups in total. The van der Waals surface area contributed by atoms with Crippen molar-refractivity contribution < 1.29 is 0 Å². The van der Waals surface area contributed by atoms with Crippen LogP contribution >= 0.6 is 0 Å². The highest BCUT2D eigenvalue weighted by Gasteiger charge is 1.98. The van der Waals surface area contributed by atoms with Crippen LogP contribution in [-0.2, 0) is 20.1 Å². The lowest BCUT2D eigenvalue weighted by atomic mass is 10.3. The molecule has 0 aliphatic rings. The van der Waals surface area contributed by atoms with E-state index in [0.717, 1.165) is 18.9 Å². The molecule has 0 aromatic carbocycles. The molecule has 0 spiro atoms. The number of nitrogens with one attached hydrogen (secondary N) is 2. The van der Waals surface area contributed by atoms with Crippen LogP contribution in [0.5, 0.6) is 0 Å². The Morgan fingerprint density at radius 2 is 2.43 bits per heavy atom. The number of hydrogen-bond donors (Lipinski definition) is 2. The molecule has 0 aliphatic carbocycles. The van der Waals surface area contributed by atoms with Crippen LogP contribution in [0.15, 0.2) is 30.9 Å². The number of aromatic amines is 1. The summed E-state index contributed by atoms with van der Waals surface area (Å²) in [6, 6.07) is 2.06. The van der Waals surface area contributed by atoms with Crippen molar-refractivity contribution in [3.8, 4) is 0 Å². The van der Waals surface area contributed by atoms with Gasteiger partial charge in [0.05, 0.1) is 6.54 Å². The zero-order valence-electron chi connectivity index (χ0n) is 8.20. The molecule has 4 heteroatoms. The Bertz CT molecular complexity index is 374. The maximum atomic E-state index is 4.23. The number of hydrogen-bond acceptors (Lipinski definition) is 2. The molecule has 0 fully saturated rings. The molecule has 2 rings (SSSR count). The topological polar surface area (TPSA) is 45.6 Å². The molecular formula is C10H14N4. The zero-order chi connectivity index (χ0) is 9.80. The fraction of sp³-hybridized carbons (Fsp3) is 0.300. The van der Waals surface area contributed by atoms with E-state index < -0.39 is 0 Å². The van der Waals surface area contributed by atoms with Crippen LogP contribution in [0.2, 0.25) is 0 Å². The second-order valence-electron chi connectivity index (χ2n) is 3.28. The fourth-order valence-corrected chi connectivity index (χ4v) is 1.35. The van der Waals surface area contributed by atoms with E-state index in [1.165, 1.54) is 5.56 Å². The Morgan fingerprint density at radius 1 is 1.50 bits per heavy atom. The molecular weight excluding hydrogens is 176 g/mol. The van der Waals surface area contributed by atoms with Gasteiger partial charge in [0.2, 0.25) is 0 Å². The molecule has 0 bridgehead atoms. The fourth-order valence-electron chi connectivity index (χ4n) is 1.35. The zero-order valence-corrected chi connectivity index (χ0v) is 8.20. The van der Waals surface area contributed by atoms with Crippen LogP contribution in [0.25, 0.3) is 0 Å². The Morgan fingerprint density at radius 3 is 3.07 bits per heavy atom. The van der Waals surface area contributed by atoms with Gasteiger partial charge < -0.3 is 14.9 Å². The van der Waals surface area contributed by atoms with E-state index in [0.29, 0.717) is 0 Å². The van der Waals surface area contributed by atoms with Gasteiger partial charge in [0, 0.05) is 38.4 Å². The summed E-state index contributed by atoms with van der Waals surface area (Å²) in [6.07, 6.45) is 7.68. The number of H-pyrrole nitrogens is 1. The third-order valence-electron chi connectivity index (χ3n) is 2.20. The van der Waals surface area contributed by atoms with Gasteiger partial charge in [-0.25, -0.2) is 4.98 Å². The maximum absolute atomic E-state index is 4.23. The van der Waals surface area contributed by atoms with Crippen molar-refractivity contribution in [2.45, 2.75) is 13.1 Å². The van der Waals surface area contributed by atoms with Crippen LogP contribution < -0.4 is 5.32 Å². The normalized spacial score (nSPS) is 10.6. The first-order chi connectivity index (χ1) is 6.86. The minimum atomic E-state index is 0.800. The van der Waals surface area contributed by atoms with Crippen LogP contribution in [0.4, 0.5) is 0 Å². The lowest BCUT2D eigenvalue weighted by Gasteiger charge is -2.03. The van der Waals surface area contributed by atoms with Gasteiger partial charge in [0.25, 0.3) is 0 Å². The molecule has 0 saturated carbocycles. The van der Waals surface area contributed by atoms with Crippen molar-refractivity contribution >= 4 is 0 Å². The molecule has 2 aromatic heterocycles. The molecule has 2 heterocycles. The predicted octanol–water partition coefficient (Wildman–Crippen LogP) is 1.04. The lowest BCUT2D eigenvalue weighted by molar-refractivity contribution is 0.639. The Hall–Kier alpha value is -1.55. The molecule has 0 amide bonds. The molecule has 74 valence electrons. The maximum Gasteiger partial charge on any atom is 0.122 e. The third kappa shape index (κ3) is 2.03. The average Bonchev–Trinajstić information content (AvgIpc) is 2.78. The van der Waals surface area contributed by atoms with Crippen molar-refractivity contribution in [1.29, 1.82) is 0 Å². The van der Waals surface area contributed by atoms with Gasteiger partial charge in [-0.15, -0.1) is 0 Å². The SMILES string of the molecule is Cn1ccnc1CNCc1cc[nH]c1. The second-order valence-corrected chi connectivity index (χ2v) is 3.28. The van der Waals surface area contributed by atoms with Crippen LogP contribution in [0.1, 0.15) is 11.4 Å². The standard InChI is InChI=1S/C10H14N4/c1-14-5-4-13-10(14)8-12-7-9-2-3-11-6-9/h2-6,11-12H,7-8H2,1H3. The summed E-state index contributed by atoms with van der Waals surface area (Å²) in [7, 11) is 2.00. The minimum Gasteiger partial charge on any atom is -0.367 e. The van der Waals surface area contributed by atoms with Crippen LogP contribution in [0.3, 0.4) is 0 Å². The molecule has 4 nitrogen and oxygen atoms in total. The predicted molar refractivity (Wildman–Crippen MR) is 54.5 cm³/mol. The Balaban J connectivity index is 1.81. The van der Waals surface area contributed by atoms with Crippen molar-refractivity contribution in [2.24, 2.45) is 7.05 Å². The molecule has 0 saturated heterocycles. The van der Waals surface area contributed by atoms with E-state index in [1.807, 2.05) is 36.4 Å². The summed E-state index contributed by atoms with van der Waals surface area (Å²) in [6.45, 7) is 1.67. The van der Waals surface area contributed by atoms with Gasteiger partial charge >= 0.3 is 0 Å². The van der Waals surface area contributed by atoms with Crippen molar-refractivity contribution in [1.82, 2.24) is 19.9 Å². The number of aryl methyl sites for hydroxylation is 1. The Labute approximate surface area is 83.0 Å². The van der Waals surface area contributed by atoms with Crippen LogP contribution in [0, 0.1) is 0 Å². The molecule has 2 aromatic rings. The number of rotatable bonds is 4. The Kier molecular flexibility index (Phi) is 2.65. The third-order valence-corrected chi connectivity index (χ3v) is 2.20. The van der Waals surface area contributed by atoms with Crippen molar-refractivity contribution in [2.75, 3.05) is 0 Å². The van der Waals surface area contributed by atoms with Crippen LogP contribution in [-0.4, -0.2) is 14.5 Å². The van der Waals surface area contributed by atoms with Gasteiger partial charge in [-0.3, -0.25) is 0 Å². The highest BCUT2D eigenvalue weighted by Crippen LogP contribution is 1.97. The molecule has 0 aliphatic heterocycles. The molecule has 14 heavy (non-hydrogen) atoms. The summed E-state index contributed by atoms with van der Waals surface area (Å²) in [5.74, 6) is 1.06. The van der Waals surface area contributed by atoms with E-state index in [1.54, 1.807) is 0 Å². The largest absolute Gasteiger partial charge is 0.367 e. The highest BCUT2D eigenvalue weighted by molar-refractivity contribution is 5.07. The van der Waals surface area contributed by atoms with Gasteiger partial charge in [-0.1, -0.05) is 0 Å². The van der Waals surface area contributed by atoms with Gasteiger partial charge in [0.1, 0.15) is 5.82 Å². The smallest absolute Gasteiger partial charge is 0.122 e. The first-order valence-corrected chi connectivity index (χ1v) is 4.65. The second kappa shape index (κ2) is 4.11. The first-order valence-electron chi connectivity index (χ1n) is 4.65. The summed E-state index contributed by atoms with van der Waals surface area (Å²) < 4.78 is 2.02. The van der Waals surface area contributed by atoms with Gasteiger partial charge in [-0.05, 0) is 11.6 Å². The van der Waals surface area contributed by atoms with Crippen molar-refractivity contribution in [3.63, 3.8) is 0 Å². The molecule has 0 unspecified atom stereocenters. The molecule has 0 atom stereocenters. The first kappa shape index (κ1) is 9.02. The molecule has 0 radical (unpaired) electrons. The summed E-state index contributed by atoms with van der Waals surface area (Å²) >= 11 is 0. The number of imidazole rings is 1. The van der Waals surface area contributed by atoms with E-state index in [-0.39, 0.29) is 0 Å². The van der Waals surface area contributed by atoms with E-state index >= 15 is 0 Å². The highest BCUT2D eigenvalue weighted by atomic mass is 15.1. The quantitative estimate of drug-likeness (QED) is 0.756. The van der Waals surface area contributed by atoms with E-state index in [9.17, 15) is 0 Å². The summed E-state index contributed by atoms with van der Waals surface area (Å²) in [5, 5.41) is 3.33. The minimum absolute atomic E-state index is 0.800. The van der Waals surface area contributed by atoms with Gasteiger partial charge in [-0.2, -0.15) is 0 Å². The summed E-state index contributed by atoms with van der Waals surface area (Å²) in [5.41, 5.74) is 1.26.